The Kier molecular flexibility index (Phi) is 6.84. The molecule has 0 aliphatic heterocycles. The zero-order valence-electron chi connectivity index (χ0n) is 18.5. The van der Waals surface area contributed by atoms with E-state index in [-0.39, 0.29) is 22.8 Å². The van der Waals surface area contributed by atoms with Gasteiger partial charge in [0.05, 0.1) is 5.69 Å². The van der Waals surface area contributed by atoms with Gasteiger partial charge in [0, 0.05) is 40.5 Å². The van der Waals surface area contributed by atoms with E-state index < -0.39 is 10.0 Å². The maximum absolute atomic E-state index is 13.2. The lowest BCUT2D eigenvalue weighted by atomic mass is 10.1. The predicted octanol–water partition coefficient (Wildman–Crippen LogP) is 4.98. The van der Waals surface area contributed by atoms with Gasteiger partial charge in [0.15, 0.2) is 5.82 Å². The first-order valence-electron chi connectivity index (χ1n) is 10.5. The van der Waals surface area contributed by atoms with Crippen molar-refractivity contribution < 1.29 is 8.42 Å². The highest BCUT2D eigenvalue weighted by Crippen LogP contribution is 2.25. The summed E-state index contributed by atoms with van der Waals surface area (Å²) in [5.41, 5.74) is 2.24. The van der Waals surface area contributed by atoms with Crippen LogP contribution < -0.4 is 9.86 Å². The molecule has 0 radical (unpaired) electrons. The van der Waals surface area contributed by atoms with Crippen molar-refractivity contribution in [3.63, 3.8) is 0 Å². The molecule has 176 valence electrons. The largest absolute Gasteiger partial charge is 0.294 e. The number of H-pyrrole nitrogens is 1. The van der Waals surface area contributed by atoms with E-state index in [9.17, 15) is 13.2 Å². The molecule has 0 saturated heterocycles. The van der Waals surface area contributed by atoms with Gasteiger partial charge in [-0.25, -0.2) is 18.1 Å². The number of para-hydroxylation sites is 1. The highest BCUT2D eigenvalue weighted by atomic mass is 35.5. The third-order valence-electron chi connectivity index (χ3n) is 5.44. The number of nitrogens with zero attached hydrogens (tertiary/aromatic N) is 3. The lowest BCUT2D eigenvalue weighted by Gasteiger charge is -2.22. The zero-order chi connectivity index (χ0) is 24.5. The number of sulfonamides is 1. The Balaban J connectivity index is 1.65. The fourth-order valence-electron chi connectivity index (χ4n) is 3.68. The molecule has 7 nitrogen and oxygen atoms in total. The molecular weight excluding hydrogens is 495 g/mol. The number of hydrogen-bond donors (Lipinski definition) is 1. The van der Waals surface area contributed by atoms with Crippen molar-refractivity contribution in [2.75, 3.05) is 10.8 Å². The summed E-state index contributed by atoms with van der Waals surface area (Å²) < 4.78 is 29.0. The van der Waals surface area contributed by atoms with Gasteiger partial charge >= 0.3 is 0 Å². The number of rotatable bonds is 7. The summed E-state index contributed by atoms with van der Waals surface area (Å²) >= 11 is 12.2. The van der Waals surface area contributed by atoms with Gasteiger partial charge in [0.25, 0.3) is 15.6 Å². The van der Waals surface area contributed by atoms with Crippen molar-refractivity contribution in [2.24, 2.45) is 0 Å². The van der Waals surface area contributed by atoms with Crippen LogP contribution in [0.15, 0.2) is 76.6 Å². The van der Waals surface area contributed by atoms with Crippen LogP contribution in [0.3, 0.4) is 0 Å². The molecule has 0 fully saturated rings. The molecule has 4 aromatic rings. The van der Waals surface area contributed by atoms with Gasteiger partial charge in [0.2, 0.25) is 0 Å². The van der Waals surface area contributed by atoms with Crippen molar-refractivity contribution in [1.82, 2.24) is 14.8 Å². The maximum atomic E-state index is 13.2. The predicted molar refractivity (Wildman–Crippen MR) is 135 cm³/mol. The van der Waals surface area contributed by atoms with Crippen LogP contribution >= 0.6 is 23.2 Å². The molecule has 0 bridgehead atoms. The lowest BCUT2D eigenvalue weighted by Crippen LogP contribution is -2.30. The van der Waals surface area contributed by atoms with E-state index in [4.69, 9.17) is 23.2 Å². The molecule has 0 aliphatic rings. The molecule has 1 N–H and O–H groups in total. The van der Waals surface area contributed by atoms with Crippen molar-refractivity contribution in [3.8, 4) is 5.82 Å². The van der Waals surface area contributed by atoms with Crippen LogP contribution in [0.4, 0.5) is 5.69 Å². The molecule has 0 aliphatic carbocycles. The molecule has 0 atom stereocenters. The van der Waals surface area contributed by atoms with Crippen LogP contribution in [-0.4, -0.2) is 29.7 Å². The number of aryl methyl sites for hydroxylation is 1. The highest BCUT2D eigenvalue weighted by molar-refractivity contribution is 7.92. The van der Waals surface area contributed by atoms with Crippen molar-refractivity contribution in [2.45, 2.75) is 25.2 Å². The summed E-state index contributed by atoms with van der Waals surface area (Å²) in [5, 5.41) is 4.01. The summed E-state index contributed by atoms with van der Waals surface area (Å²) in [5.74, 6) is 0.281. The summed E-state index contributed by atoms with van der Waals surface area (Å²) in [6.07, 6.45) is 1.58. The van der Waals surface area contributed by atoms with E-state index in [0.29, 0.717) is 33.4 Å². The van der Waals surface area contributed by atoms with E-state index in [1.165, 1.54) is 27.3 Å². The number of halogens is 2. The fourth-order valence-corrected chi connectivity index (χ4v) is 5.57. The monoisotopic (exact) mass is 516 g/mol. The molecule has 0 saturated carbocycles. The summed E-state index contributed by atoms with van der Waals surface area (Å²) in [4.78, 5) is 17.4. The third-order valence-corrected chi connectivity index (χ3v) is 7.92. The normalized spacial score (nSPS) is 11.5. The number of anilines is 1. The Hall–Kier alpha value is -3.07. The minimum atomic E-state index is -3.82. The summed E-state index contributed by atoms with van der Waals surface area (Å²) in [7, 11) is -3.82. The number of aromatic amines is 1. The first-order valence-corrected chi connectivity index (χ1v) is 12.7. The van der Waals surface area contributed by atoms with Crippen LogP contribution in [0.1, 0.15) is 23.7 Å². The topological polar surface area (TPSA) is 88.1 Å². The molecule has 0 unspecified atom stereocenters. The molecule has 0 spiro atoms. The van der Waals surface area contributed by atoms with Crippen LogP contribution in [0.2, 0.25) is 10.0 Å². The van der Waals surface area contributed by atoms with Crippen LogP contribution in [0.5, 0.6) is 0 Å². The van der Waals surface area contributed by atoms with Gasteiger partial charge in [-0.1, -0.05) is 47.5 Å². The van der Waals surface area contributed by atoms with Gasteiger partial charge in [0.1, 0.15) is 4.90 Å². The molecule has 10 heteroatoms. The van der Waals surface area contributed by atoms with E-state index in [0.717, 1.165) is 5.56 Å². The highest BCUT2D eigenvalue weighted by Gasteiger charge is 2.24. The lowest BCUT2D eigenvalue weighted by molar-refractivity contribution is 0.591. The van der Waals surface area contributed by atoms with Gasteiger partial charge in [-0.3, -0.25) is 14.2 Å². The molecule has 2 aromatic heterocycles. The molecule has 2 aromatic carbocycles. The van der Waals surface area contributed by atoms with E-state index in [1.807, 2.05) is 6.07 Å². The Morgan fingerprint density at radius 1 is 1.06 bits per heavy atom. The second-order valence-corrected chi connectivity index (χ2v) is 10.3. The van der Waals surface area contributed by atoms with Crippen LogP contribution in [-0.2, 0) is 16.4 Å². The minimum absolute atomic E-state index is 0.0337. The quantitative estimate of drug-likeness (QED) is 0.375. The molecule has 4 rings (SSSR count). The molecular formula is C24H22Cl2N4O3S. The van der Waals surface area contributed by atoms with Gasteiger partial charge in [-0.05, 0) is 55.8 Å². The van der Waals surface area contributed by atoms with E-state index in [2.05, 4.69) is 10.1 Å². The summed E-state index contributed by atoms with van der Waals surface area (Å²) in [6, 6.07) is 16.9. The van der Waals surface area contributed by atoms with Crippen molar-refractivity contribution in [3.05, 3.63) is 104 Å². The number of pyridine rings is 1. The molecule has 2 heterocycles. The number of hydrogen-bond acceptors (Lipinski definition) is 4. The first kappa shape index (κ1) is 24.1. The number of aromatic nitrogens is 3. The standard InChI is InChI=1S/C24H22Cl2N4O3S/c1-3-29(19-7-5-4-6-8-19)34(32,33)20-11-12-23(27-15-20)30-24(31)21(16(2)28-30)13-17-9-10-18(25)14-22(17)26/h4-12,14-15,28H,3,13H2,1-2H3. The average Bonchev–Trinajstić information content (AvgIpc) is 3.10. The van der Waals surface area contributed by atoms with Crippen molar-refractivity contribution >= 4 is 38.9 Å². The Morgan fingerprint density at radius 2 is 1.79 bits per heavy atom. The third kappa shape index (κ3) is 4.61. The zero-order valence-corrected chi connectivity index (χ0v) is 20.8. The summed E-state index contributed by atoms with van der Waals surface area (Å²) in [6.45, 7) is 3.82. The Morgan fingerprint density at radius 3 is 2.41 bits per heavy atom. The fraction of sp³-hybridized carbons (Fsp3) is 0.167. The first-order chi connectivity index (χ1) is 16.2. The van der Waals surface area contributed by atoms with Crippen LogP contribution in [0, 0.1) is 6.92 Å². The number of nitrogens with one attached hydrogen (secondary N) is 1. The second kappa shape index (κ2) is 9.66. The maximum Gasteiger partial charge on any atom is 0.276 e. The number of benzene rings is 2. The van der Waals surface area contributed by atoms with Crippen molar-refractivity contribution in [1.29, 1.82) is 0 Å². The van der Waals surface area contributed by atoms with Gasteiger partial charge in [-0.15, -0.1) is 0 Å². The second-order valence-electron chi connectivity index (χ2n) is 7.63. The molecule has 0 amide bonds. The Labute approximate surface area is 207 Å². The smallest absolute Gasteiger partial charge is 0.276 e. The van der Waals surface area contributed by atoms with E-state index in [1.54, 1.807) is 56.3 Å². The SMILES string of the molecule is CCN(c1ccccc1)S(=O)(=O)c1ccc(-n2[nH]c(C)c(Cc3ccc(Cl)cc3Cl)c2=O)nc1. The minimum Gasteiger partial charge on any atom is -0.294 e. The molecule has 34 heavy (non-hydrogen) atoms. The van der Waals surface area contributed by atoms with Gasteiger partial charge < -0.3 is 0 Å². The Bertz CT molecular complexity index is 1480. The van der Waals surface area contributed by atoms with Crippen LogP contribution in [0.25, 0.3) is 5.82 Å². The average molecular weight is 517 g/mol. The van der Waals surface area contributed by atoms with E-state index >= 15 is 0 Å². The van der Waals surface area contributed by atoms with Gasteiger partial charge in [-0.2, -0.15) is 0 Å².